The van der Waals surface area contributed by atoms with Gasteiger partial charge in [0.15, 0.2) is 0 Å². The van der Waals surface area contributed by atoms with Crippen LogP contribution in [0.4, 0.5) is 0 Å². The Balaban J connectivity index is 2.69. The molecule has 0 amide bonds. The molecule has 1 rings (SSSR count). The highest BCUT2D eigenvalue weighted by Gasteiger charge is 2.64. The maximum atomic E-state index is 11.7. The van der Waals surface area contributed by atoms with Crippen molar-refractivity contribution in [2.24, 2.45) is 5.92 Å². The Labute approximate surface area is 110 Å². The summed E-state index contributed by atoms with van der Waals surface area (Å²) in [6, 6.07) is 0. The predicted molar refractivity (Wildman–Crippen MR) is 69.1 cm³/mol. The summed E-state index contributed by atoms with van der Waals surface area (Å²) in [5.74, 6) is -0.264. The standard InChI is InChI=1S/C12H24O5Si/c1-5-14-12(13)10-9-11(10)18(15-6-2,16-7-3)17-8-4/h10-11H,5-9H2,1-4H3/t10-,11+/m1/s1. The van der Waals surface area contributed by atoms with Crippen LogP contribution in [0, 0.1) is 5.92 Å². The third kappa shape index (κ3) is 3.54. The molecule has 18 heavy (non-hydrogen) atoms. The van der Waals surface area contributed by atoms with Crippen LogP contribution in [-0.4, -0.2) is 41.2 Å². The van der Waals surface area contributed by atoms with Gasteiger partial charge in [0, 0.05) is 25.4 Å². The summed E-state index contributed by atoms with van der Waals surface area (Å²) in [4.78, 5) is 11.7. The molecule has 0 spiro atoms. The minimum atomic E-state index is -2.72. The second-order valence-corrected chi connectivity index (χ2v) is 6.92. The monoisotopic (exact) mass is 276 g/mol. The van der Waals surface area contributed by atoms with E-state index >= 15 is 0 Å². The summed E-state index contributed by atoms with van der Waals surface area (Å²) >= 11 is 0. The van der Waals surface area contributed by atoms with E-state index in [2.05, 4.69) is 0 Å². The Bertz CT molecular complexity index is 254. The van der Waals surface area contributed by atoms with Gasteiger partial charge in [-0.1, -0.05) is 0 Å². The van der Waals surface area contributed by atoms with Gasteiger partial charge in [-0.15, -0.1) is 0 Å². The van der Waals surface area contributed by atoms with Crippen molar-refractivity contribution < 1.29 is 22.8 Å². The molecule has 0 heterocycles. The molecule has 0 saturated heterocycles. The fourth-order valence-corrected chi connectivity index (χ4v) is 5.42. The minimum absolute atomic E-state index is 0.0661. The molecule has 1 aliphatic carbocycles. The van der Waals surface area contributed by atoms with Gasteiger partial charge in [0.25, 0.3) is 0 Å². The lowest BCUT2D eigenvalue weighted by Gasteiger charge is -2.28. The van der Waals surface area contributed by atoms with Crippen LogP contribution < -0.4 is 0 Å². The molecule has 106 valence electrons. The SMILES string of the molecule is CCOC(=O)[C@@H]1C[C@@H]1[Si](OCC)(OCC)OCC. The van der Waals surface area contributed by atoms with Crippen molar-refractivity contribution in [3.63, 3.8) is 0 Å². The fraction of sp³-hybridized carbons (Fsp3) is 0.917. The number of carbonyl (C=O) groups excluding carboxylic acids is 1. The van der Waals surface area contributed by atoms with E-state index in [4.69, 9.17) is 18.0 Å². The van der Waals surface area contributed by atoms with Crippen LogP contribution in [0.25, 0.3) is 0 Å². The largest absolute Gasteiger partial charge is 0.505 e. The number of hydrogen-bond donors (Lipinski definition) is 0. The Morgan fingerprint density at radius 3 is 1.89 bits per heavy atom. The Hall–Kier alpha value is -0.433. The van der Waals surface area contributed by atoms with Gasteiger partial charge in [-0.2, -0.15) is 0 Å². The lowest BCUT2D eigenvalue weighted by molar-refractivity contribution is -0.144. The maximum absolute atomic E-state index is 11.7. The second kappa shape index (κ2) is 7.23. The average Bonchev–Trinajstić information content (AvgIpc) is 3.10. The minimum Gasteiger partial charge on any atom is -0.466 e. The molecule has 5 nitrogen and oxygen atoms in total. The third-order valence-electron chi connectivity index (χ3n) is 2.87. The first-order valence-corrected chi connectivity index (χ1v) is 8.53. The molecular formula is C12H24O5Si. The van der Waals surface area contributed by atoms with E-state index in [9.17, 15) is 4.79 Å². The molecule has 0 N–H and O–H groups in total. The quantitative estimate of drug-likeness (QED) is 0.476. The number of hydrogen-bond acceptors (Lipinski definition) is 5. The highest BCUT2D eigenvalue weighted by Crippen LogP contribution is 2.53. The molecule has 0 bridgehead atoms. The number of carbonyl (C=O) groups is 1. The van der Waals surface area contributed by atoms with Crippen molar-refractivity contribution in [1.82, 2.24) is 0 Å². The summed E-state index contributed by atoms with van der Waals surface area (Å²) in [5.41, 5.74) is 0.0661. The number of rotatable bonds is 9. The molecule has 1 saturated carbocycles. The Morgan fingerprint density at radius 2 is 1.50 bits per heavy atom. The first-order chi connectivity index (χ1) is 8.65. The molecule has 2 atom stereocenters. The van der Waals surface area contributed by atoms with Crippen molar-refractivity contribution in [3.05, 3.63) is 0 Å². The zero-order chi connectivity index (χ0) is 13.6. The molecule has 0 aromatic carbocycles. The van der Waals surface area contributed by atoms with E-state index in [-0.39, 0.29) is 17.4 Å². The highest BCUT2D eigenvalue weighted by atomic mass is 28.4. The lowest BCUT2D eigenvalue weighted by atomic mass is 10.4. The van der Waals surface area contributed by atoms with Crippen LogP contribution in [0.15, 0.2) is 0 Å². The van der Waals surface area contributed by atoms with E-state index in [0.717, 1.165) is 6.42 Å². The molecule has 0 aromatic heterocycles. The summed E-state index contributed by atoms with van der Waals surface area (Å²) < 4.78 is 22.4. The van der Waals surface area contributed by atoms with Crippen LogP contribution in [0.2, 0.25) is 5.54 Å². The van der Waals surface area contributed by atoms with Gasteiger partial charge >= 0.3 is 14.8 Å². The number of esters is 1. The van der Waals surface area contributed by atoms with E-state index in [1.165, 1.54) is 0 Å². The molecule has 0 unspecified atom stereocenters. The molecule has 1 fully saturated rings. The first kappa shape index (κ1) is 15.6. The Morgan fingerprint density at radius 1 is 1.00 bits per heavy atom. The van der Waals surface area contributed by atoms with Crippen LogP contribution in [0.5, 0.6) is 0 Å². The second-order valence-electron chi connectivity index (χ2n) is 4.10. The molecule has 0 radical (unpaired) electrons. The molecular weight excluding hydrogens is 252 g/mol. The van der Waals surface area contributed by atoms with Crippen LogP contribution in [0.3, 0.4) is 0 Å². The van der Waals surface area contributed by atoms with E-state index in [1.807, 2.05) is 27.7 Å². The van der Waals surface area contributed by atoms with Crippen molar-refractivity contribution in [1.29, 1.82) is 0 Å². The normalized spacial score (nSPS) is 22.9. The molecule has 1 aliphatic rings. The average molecular weight is 276 g/mol. The fourth-order valence-electron chi connectivity index (χ4n) is 2.15. The topological polar surface area (TPSA) is 54.0 Å². The predicted octanol–water partition coefficient (Wildman–Crippen LogP) is 1.99. The van der Waals surface area contributed by atoms with Gasteiger partial charge < -0.3 is 18.0 Å². The van der Waals surface area contributed by atoms with Gasteiger partial charge in [-0.25, -0.2) is 0 Å². The smallest absolute Gasteiger partial charge is 0.466 e. The summed E-state index contributed by atoms with van der Waals surface area (Å²) in [6.07, 6.45) is 0.755. The first-order valence-electron chi connectivity index (χ1n) is 6.73. The van der Waals surface area contributed by atoms with Crippen LogP contribution in [0.1, 0.15) is 34.1 Å². The van der Waals surface area contributed by atoms with Crippen molar-refractivity contribution in [2.75, 3.05) is 26.4 Å². The van der Waals surface area contributed by atoms with Gasteiger partial charge in [0.2, 0.25) is 0 Å². The Kier molecular flexibility index (Phi) is 6.27. The van der Waals surface area contributed by atoms with Gasteiger partial charge in [0.1, 0.15) is 0 Å². The summed E-state index contributed by atoms with van der Waals surface area (Å²) in [7, 11) is -2.72. The molecule has 6 heteroatoms. The molecule has 0 aromatic rings. The summed E-state index contributed by atoms with van der Waals surface area (Å²) in [6.45, 7) is 9.60. The van der Waals surface area contributed by atoms with Crippen LogP contribution in [-0.2, 0) is 22.8 Å². The molecule has 0 aliphatic heterocycles. The van der Waals surface area contributed by atoms with E-state index in [1.54, 1.807) is 0 Å². The van der Waals surface area contributed by atoms with Crippen molar-refractivity contribution >= 4 is 14.8 Å². The van der Waals surface area contributed by atoms with Gasteiger partial charge in [-0.05, 0) is 34.1 Å². The number of ether oxygens (including phenoxy) is 1. The van der Waals surface area contributed by atoms with Crippen LogP contribution >= 0.6 is 0 Å². The zero-order valence-corrected chi connectivity index (χ0v) is 12.7. The van der Waals surface area contributed by atoms with E-state index in [0.29, 0.717) is 26.4 Å². The van der Waals surface area contributed by atoms with Gasteiger partial charge in [0.05, 0.1) is 12.5 Å². The zero-order valence-electron chi connectivity index (χ0n) is 11.7. The van der Waals surface area contributed by atoms with E-state index < -0.39 is 8.80 Å². The van der Waals surface area contributed by atoms with Gasteiger partial charge in [-0.3, -0.25) is 4.79 Å². The highest BCUT2D eigenvalue weighted by molar-refractivity contribution is 6.64. The lowest BCUT2D eigenvalue weighted by Crippen LogP contribution is -2.47. The third-order valence-corrected chi connectivity index (χ3v) is 6.49. The maximum Gasteiger partial charge on any atom is 0.505 e. The van der Waals surface area contributed by atoms with Crippen molar-refractivity contribution in [3.8, 4) is 0 Å². The van der Waals surface area contributed by atoms with Crippen molar-refractivity contribution in [2.45, 2.75) is 39.7 Å². The summed E-state index contributed by atoms with van der Waals surface area (Å²) in [5, 5.41) is 0.